The van der Waals surface area contributed by atoms with Gasteiger partial charge in [-0.05, 0) is 49.5 Å². The summed E-state index contributed by atoms with van der Waals surface area (Å²) >= 11 is 0. The molecule has 1 aliphatic heterocycles. The average Bonchev–Trinajstić information content (AvgIpc) is 3.02. The second-order valence-corrected chi connectivity index (χ2v) is 5.62. The van der Waals surface area contributed by atoms with Crippen LogP contribution in [0.4, 0.5) is 0 Å². The average molecular weight is 307 g/mol. The van der Waals surface area contributed by atoms with Gasteiger partial charge < -0.3 is 10.3 Å². The fourth-order valence-electron chi connectivity index (χ4n) is 2.93. The summed E-state index contributed by atoms with van der Waals surface area (Å²) in [5.41, 5.74) is 8.32. The van der Waals surface area contributed by atoms with Crippen molar-refractivity contribution in [2.45, 2.75) is 19.4 Å². The smallest absolute Gasteiger partial charge is 0.0991 e. The third-order valence-electron chi connectivity index (χ3n) is 4.08. The van der Waals surface area contributed by atoms with Crippen molar-refractivity contribution in [3.05, 3.63) is 48.5 Å². The van der Waals surface area contributed by atoms with E-state index < -0.39 is 0 Å². The van der Waals surface area contributed by atoms with Crippen molar-refractivity contribution < 1.29 is 0 Å². The minimum absolute atomic E-state index is 0. The number of halogens is 1. The monoisotopic (exact) mass is 306 g/mol. The van der Waals surface area contributed by atoms with Crippen LogP contribution in [0.15, 0.2) is 43.0 Å². The molecule has 5 heteroatoms. The van der Waals surface area contributed by atoms with Crippen LogP contribution in [0.5, 0.6) is 0 Å². The number of aromatic nitrogens is 2. The van der Waals surface area contributed by atoms with Crippen molar-refractivity contribution in [2.24, 2.45) is 11.7 Å². The molecule has 1 atom stereocenters. The molecule has 1 unspecified atom stereocenters. The minimum atomic E-state index is 0. The quantitative estimate of drug-likeness (QED) is 0.944. The first kappa shape index (κ1) is 16.0. The molecule has 1 aromatic carbocycles. The van der Waals surface area contributed by atoms with Gasteiger partial charge in [0.15, 0.2) is 0 Å². The van der Waals surface area contributed by atoms with Crippen LogP contribution in [-0.4, -0.2) is 34.1 Å². The molecule has 1 saturated heterocycles. The van der Waals surface area contributed by atoms with Crippen LogP contribution in [0.3, 0.4) is 0 Å². The van der Waals surface area contributed by atoms with E-state index in [0.29, 0.717) is 5.92 Å². The highest BCUT2D eigenvalue weighted by molar-refractivity contribution is 5.85. The second-order valence-electron chi connectivity index (χ2n) is 5.62. The SMILES string of the molecule is Cl.NCC1CCCN(Cc2ccc(-n3ccnc3)cc2)C1. The number of imidazole rings is 1. The lowest BCUT2D eigenvalue weighted by Gasteiger charge is -2.32. The molecule has 0 aliphatic carbocycles. The van der Waals surface area contributed by atoms with Gasteiger partial charge >= 0.3 is 0 Å². The maximum absolute atomic E-state index is 5.80. The number of rotatable bonds is 4. The molecule has 3 rings (SSSR count). The van der Waals surface area contributed by atoms with Crippen LogP contribution in [-0.2, 0) is 6.54 Å². The van der Waals surface area contributed by atoms with Gasteiger partial charge in [0.1, 0.15) is 0 Å². The van der Waals surface area contributed by atoms with Gasteiger partial charge in [0.05, 0.1) is 6.33 Å². The van der Waals surface area contributed by atoms with Crippen LogP contribution in [0, 0.1) is 5.92 Å². The lowest BCUT2D eigenvalue weighted by Crippen LogP contribution is -2.37. The predicted molar refractivity (Wildman–Crippen MR) is 87.9 cm³/mol. The Bertz CT molecular complexity index is 524. The Labute approximate surface area is 132 Å². The maximum Gasteiger partial charge on any atom is 0.0991 e. The van der Waals surface area contributed by atoms with E-state index in [4.69, 9.17) is 5.73 Å². The molecule has 0 saturated carbocycles. The molecule has 114 valence electrons. The first-order chi connectivity index (χ1) is 9.85. The number of piperidine rings is 1. The van der Waals surface area contributed by atoms with Gasteiger partial charge in [-0.15, -0.1) is 12.4 Å². The molecule has 2 aromatic rings. The maximum atomic E-state index is 5.80. The van der Waals surface area contributed by atoms with E-state index in [2.05, 4.69) is 34.1 Å². The summed E-state index contributed by atoms with van der Waals surface area (Å²) in [6.07, 6.45) is 8.15. The third kappa shape index (κ3) is 4.06. The zero-order valence-electron chi connectivity index (χ0n) is 12.2. The van der Waals surface area contributed by atoms with Gasteiger partial charge in [-0.3, -0.25) is 4.90 Å². The van der Waals surface area contributed by atoms with Crippen molar-refractivity contribution in [1.29, 1.82) is 0 Å². The number of nitrogens with zero attached hydrogens (tertiary/aromatic N) is 3. The predicted octanol–water partition coefficient (Wildman–Crippen LogP) is 2.46. The number of likely N-dealkylation sites (tertiary alicyclic amines) is 1. The van der Waals surface area contributed by atoms with E-state index in [9.17, 15) is 0 Å². The van der Waals surface area contributed by atoms with Crippen molar-refractivity contribution in [3.8, 4) is 5.69 Å². The molecule has 0 amide bonds. The van der Waals surface area contributed by atoms with E-state index in [0.717, 1.165) is 25.3 Å². The highest BCUT2D eigenvalue weighted by atomic mass is 35.5. The van der Waals surface area contributed by atoms with Gasteiger partial charge in [0.25, 0.3) is 0 Å². The van der Waals surface area contributed by atoms with E-state index in [1.807, 2.05) is 17.1 Å². The zero-order valence-corrected chi connectivity index (χ0v) is 13.0. The Kier molecular flexibility index (Phi) is 5.79. The normalized spacial score (nSPS) is 19.2. The summed E-state index contributed by atoms with van der Waals surface area (Å²) in [4.78, 5) is 6.60. The molecular formula is C16H23ClN4. The van der Waals surface area contributed by atoms with Gasteiger partial charge in [0, 0.05) is 31.2 Å². The standard InChI is InChI=1S/C16H22N4.ClH/c17-10-15-2-1-8-19(12-15)11-14-3-5-16(6-4-14)20-9-7-18-13-20;/h3-7,9,13,15H,1-2,8,10-12,17H2;1H. The second kappa shape index (κ2) is 7.59. The van der Waals surface area contributed by atoms with Crippen LogP contribution in [0.25, 0.3) is 5.69 Å². The Morgan fingerprint density at radius 2 is 2.05 bits per heavy atom. The highest BCUT2D eigenvalue weighted by Gasteiger charge is 2.18. The summed E-state index contributed by atoms with van der Waals surface area (Å²) in [5.74, 6) is 0.675. The van der Waals surface area contributed by atoms with Crippen molar-refractivity contribution in [1.82, 2.24) is 14.5 Å². The van der Waals surface area contributed by atoms with E-state index in [1.54, 1.807) is 6.20 Å². The summed E-state index contributed by atoms with van der Waals surface area (Å²) in [5, 5.41) is 0. The number of benzene rings is 1. The van der Waals surface area contributed by atoms with Crippen molar-refractivity contribution in [3.63, 3.8) is 0 Å². The van der Waals surface area contributed by atoms with E-state index in [-0.39, 0.29) is 12.4 Å². The van der Waals surface area contributed by atoms with Gasteiger partial charge in [-0.1, -0.05) is 12.1 Å². The molecule has 0 spiro atoms. The van der Waals surface area contributed by atoms with Crippen molar-refractivity contribution >= 4 is 12.4 Å². The molecule has 2 N–H and O–H groups in total. The highest BCUT2D eigenvalue weighted by Crippen LogP contribution is 2.18. The fourth-order valence-corrected chi connectivity index (χ4v) is 2.93. The summed E-state index contributed by atoms with van der Waals surface area (Å²) in [6.45, 7) is 4.18. The molecule has 1 aromatic heterocycles. The fraction of sp³-hybridized carbons (Fsp3) is 0.438. The van der Waals surface area contributed by atoms with E-state index in [1.165, 1.54) is 24.9 Å². The van der Waals surface area contributed by atoms with Crippen LogP contribution >= 0.6 is 12.4 Å². The van der Waals surface area contributed by atoms with Crippen molar-refractivity contribution in [2.75, 3.05) is 19.6 Å². The van der Waals surface area contributed by atoms with Crippen LogP contribution in [0.1, 0.15) is 18.4 Å². The first-order valence-electron chi connectivity index (χ1n) is 7.35. The molecule has 21 heavy (non-hydrogen) atoms. The topological polar surface area (TPSA) is 47.1 Å². The Hall–Kier alpha value is -1.36. The third-order valence-corrected chi connectivity index (χ3v) is 4.08. The Morgan fingerprint density at radius 3 is 2.71 bits per heavy atom. The number of hydrogen-bond donors (Lipinski definition) is 1. The lowest BCUT2D eigenvalue weighted by molar-refractivity contribution is 0.171. The molecule has 1 fully saturated rings. The molecular weight excluding hydrogens is 284 g/mol. The lowest BCUT2D eigenvalue weighted by atomic mass is 9.98. The minimum Gasteiger partial charge on any atom is -0.330 e. The largest absolute Gasteiger partial charge is 0.330 e. The van der Waals surface area contributed by atoms with E-state index >= 15 is 0 Å². The molecule has 1 aliphatic rings. The molecule has 2 heterocycles. The first-order valence-corrected chi connectivity index (χ1v) is 7.35. The number of nitrogens with two attached hydrogens (primary N) is 1. The zero-order chi connectivity index (χ0) is 13.8. The molecule has 0 bridgehead atoms. The summed E-state index contributed by atoms with van der Waals surface area (Å²) in [6, 6.07) is 8.73. The van der Waals surface area contributed by atoms with Crippen LogP contribution in [0.2, 0.25) is 0 Å². The van der Waals surface area contributed by atoms with Gasteiger partial charge in [-0.25, -0.2) is 4.98 Å². The summed E-state index contributed by atoms with van der Waals surface area (Å²) in [7, 11) is 0. The Morgan fingerprint density at radius 1 is 1.24 bits per heavy atom. The van der Waals surface area contributed by atoms with Gasteiger partial charge in [0.2, 0.25) is 0 Å². The summed E-state index contributed by atoms with van der Waals surface area (Å²) < 4.78 is 2.02. The van der Waals surface area contributed by atoms with Gasteiger partial charge in [-0.2, -0.15) is 0 Å². The molecule has 4 nitrogen and oxygen atoms in total. The van der Waals surface area contributed by atoms with Crippen LogP contribution < -0.4 is 5.73 Å². The Balaban J connectivity index is 0.00000161. The number of hydrogen-bond acceptors (Lipinski definition) is 3. The molecule has 0 radical (unpaired) electrons.